The van der Waals surface area contributed by atoms with E-state index in [9.17, 15) is 14.3 Å². The number of rotatable bonds is 2. The molecule has 4 nitrogen and oxygen atoms in total. The van der Waals surface area contributed by atoms with E-state index in [2.05, 4.69) is 5.32 Å². The molecule has 0 radical (unpaired) electrons. The average Bonchev–Trinajstić information content (AvgIpc) is 2.27. The van der Waals surface area contributed by atoms with Gasteiger partial charge in [-0.1, -0.05) is 6.07 Å². The molecule has 1 saturated heterocycles. The van der Waals surface area contributed by atoms with Gasteiger partial charge in [-0.05, 0) is 38.8 Å². The molecule has 0 aromatic heterocycles. The smallest absolute Gasteiger partial charge is 0.258 e. The van der Waals surface area contributed by atoms with Gasteiger partial charge in [0.15, 0.2) is 0 Å². The summed E-state index contributed by atoms with van der Waals surface area (Å²) in [6, 6.07) is 3.74. The number of phenolic OH excluding ortho intramolecular Hbond substituents is 1. The van der Waals surface area contributed by atoms with E-state index in [1.165, 1.54) is 12.1 Å². The Morgan fingerprint density at radius 1 is 1.53 bits per heavy atom. The number of carbonyl (C=O) groups excluding carboxylic acids is 1. The number of aromatic hydroxyl groups is 1. The number of nitrogens with one attached hydrogen (secondary N) is 1. The van der Waals surface area contributed by atoms with Gasteiger partial charge in [0.1, 0.15) is 17.1 Å². The largest absolute Gasteiger partial charge is 0.507 e. The first-order valence-electron chi connectivity index (χ1n) is 6.31. The Hall–Kier alpha value is -1.62. The lowest BCUT2D eigenvalue weighted by Crippen LogP contribution is -2.46. The van der Waals surface area contributed by atoms with Crippen LogP contribution in [0.2, 0.25) is 0 Å². The fraction of sp³-hybridized carbons (Fsp3) is 0.500. The fourth-order valence-electron chi connectivity index (χ4n) is 2.35. The molecule has 104 valence electrons. The third kappa shape index (κ3) is 3.23. The van der Waals surface area contributed by atoms with Gasteiger partial charge in [0.05, 0.1) is 5.60 Å². The van der Waals surface area contributed by atoms with Crippen LogP contribution in [0.25, 0.3) is 0 Å². The van der Waals surface area contributed by atoms with Crippen molar-refractivity contribution in [1.82, 2.24) is 5.32 Å². The van der Waals surface area contributed by atoms with Gasteiger partial charge < -0.3 is 15.2 Å². The monoisotopic (exact) mass is 267 g/mol. The molecule has 1 aliphatic rings. The first-order valence-corrected chi connectivity index (χ1v) is 6.31. The zero-order chi connectivity index (χ0) is 14.0. The molecule has 19 heavy (non-hydrogen) atoms. The fourth-order valence-corrected chi connectivity index (χ4v) is 2.35. The molecule has 1 aromatic carbocycles. The number of carbonyl (C=O) groups is 1. The van der Waals surface area contributed by atoms with E-state index in [-0.39, 0.29) is 23.0 Å². The van der Waals surface area contributed by atoms with Crippen LogP contribution in [-0.4, -0.2) is 29.3 Å². The Morgan fingerprint density at radius 2 is 2.26 bits per heavy atom. The van der Waals surface area contributed by atoms with Gasteiger partial charge in [0.25, 0.3) is 5.91 Å². The number of hydrogen-bond donors (Lipinski definition) is 2. The second-order valence-electron chi connectivity index (χ2n) is 5.41. The van der Waals surface area contributed by atoms with E-state index in [1.807, 2.05) is 13.8 Å². The summed E-state index contributed by atoms with van der Waals surface area (Å²) in [4.78, 5) is 12.0. The van der Waals surface area contributed by atoms with E-state index >= 15 is 0 Å². The third-order valence-electron chi connectivity index (χ3n) is 3.25. The quantitative estimate of drug-likeness (QED) is 0.863. The highest BCUT2D eigenvalue weighted by molar-refractivity contribution is 5.97. The molecule has 1 aliphatic heterocycles. The topological polar surface area (TPSA) is 58.6 Å². The minimum absolute atomic E-state index is 0.0738. The van der Waals surface area contributed by atoms with Crippen LogP contribution in [-0.2, 0) is 4.74 Å². The molecule has 0 saturated carbocycles. The van der Waals surface area contributed by atoms with E-state index in [4.69, 9.17) is 4.74 Å². The maximum absolute atomic E-state index is 13.6. The van der Waals surface area contributed by atoms with Gasteiger partial charge in [0.2, 0.25) is 0 Å². The van der Waals surface area contributed by atoms with E-state index in [0.29, 0.717) is 19.4 Å². The summed E-state index contributed by atoms with van der Waals surface area (Å²) in [5, 5.41) is 12.3. The van der Waals surface area contributed by atoms with Crippen LogP contribution >= 0.6 is 0 Å². The number of ether oxygens (including phenoxy) is 1. The molecule has 1 unspecified atom stereocenters. The van der Waals surface area contributed by atoms with Crippen molar-refractivity contribution in [3.8, 4) is 5.75 Å². The van der Waals surface area contributed by atoms with Gasteiger partial charge in [0, 0.05) is 12.6 Å². The van der Waals surface area contributed by atoms with Crippen molar-refractivity contribution >= 4 is 5.91 Å². The number of hydrogen-bond acceptors (Lipinski definition) is 3. The van der Waals surface area contributed by atoms with Crippen LogP contribution < -0.4 is 5.32 Å². The summed E-state index contributed by atoms with van der Waals surface area (Å²) >= 11 is 0. The van der Waals surface area contributed by atoms with E-state index in [0.717, 1.165) is 6.07 Å². The summed E-state index contributed by atoms with van der Waals surface area (Å²) in [6.45, 7) is 4.46. The van der Waals surface area contributed by atoms with E-state index < -0.39 is 11.7 Å². The van der Waals surface area contributed by atoms with Gasteiger partial charge >= 0.3 is 0 Å². The Kier molecular flexibility index (Phi) is 3.75. The molecule has 1 fully saturated rings. The van der Waals surface area contributed by atoms with E-state index in [1.54, 1.807) is 0 Å². The van der Waals surface area contributed by atoms with Crippen molar-refractivity contribution in [1.29, 1.82) is 0 Å². The van der Waals surface area contributed by atoms with Gasteiger partial charge in [-0.2, -0.15) is 0 Å². The predicted octanol–water partition coefficient (Wildman–Crippen LogP) is 2.22. The lowest BCUT2D eigenvalue weighted by Gasteiger charge is -2.35. The van der Waals surface area contributed by atoms with Crippen molar-refractivity contribution in [2.45, 2.75) is 38.3 Å². The Labute approximate surface area is 111 Å². The van der Waals surface area contributed by atoms with Crippen LogP contribution in [0.1, 0.15) is 37.0 Å². The average molecular weight is 267 g/mol. The van der Waals surface area contributed by atoms with Crippen molar-refractivity contribution < 1.29 is 19.0 Å². The molecule has 0 aliphatic carbocycles. The summed E-state index contributed by atoms with van der Waals surface area (Å²) in [6.07, 6.45) is 1.35. The number of halogens is 1. The molecule has 1 heterocycles. The molecule has 0 spiro atoms. The highest BCUT2D eigenvalue weighted by Crippen LogP contribution is 2.25. The third-order valence-corrected chi connectivity index (χ3v) is 3.25. The van der Waals surface area contributed by atoms with Crippen molar-refractivity contribution in [2.75, 3.05) is 6.61 Å². The summed E-state index contributed by atoms with van der Waals surface area (Å²) in [7, 11) is 0. The molecule has 2 N–H and O–H groups in total. The lowest BCUT2D eigenvalue weighted by atomic mass is 9.93. The Morgan fingerprint density at radius 3 is 2.89 bits per heavy atom. The summed E-state index contributed by atoms with van der Waals surface area (Å²) in [5.74, 6) is -1.65. The van der Waals surface area contributed by atoms with Crippen molar-refractivity contribution in [2.24, 2.45) is 0 Å². The highest BCUT2D eigenvalue weighted by Gasteiger charge is 2.30. The van der Waals surface area contributed by atoms with Crippen LogP contribution in [0.4, 0.5) is 4.39 Å². The maximum Gasteiger partial charge on any atom is 0.258 e. The normalized spacial score (nSPS) is 21.9. The zero-order valence-electron chi connectivity index (χ0n) is 11.1. The molecular formula is C14H18FNO3. The molecule has 1 amide bonds. The Bertz CT molecular complexity index is 467. The molecule has 1 atom stereocenters. The van der Waals surface area contributed by atoms with Gasteiger partial charge in [-0.15, -0.1) is 0 Å². The molecule has 1 aromatic rings. The summed E-state index contributed by atoms with van der Waals surface area (Å²) in [5.41, 5.74) is -0.597. The minimum atomic E-state index is -0.719. The SMILES string of the molecule is CC1(C)CC(NC(=O)c2c(O)cccc2F)CCO1. The summed E-state index contributed by atoms with van der Waals surface area (Å²) < 4.78 is 19.1. The van der Waals surface area contributed by atoms with Crippen LogP contribution in [0.5, 0.6) is 5.75 Å². The second-order valence-corrected chi connectivity index (χ2v) is 5.41. The Balaban J connectivity index is 2.09. The van der Waals surface area contributed by atoms with Gasteiger partial charge in [-0.3, -0.25) is 4.79 Å². The molecule has 2 rings (SSSR count). The zero-order valence-corrected chi connectivity index (χ0v) is 11.1. The van der Waals surface area contributed by atoms with Crippen LogP contribution in [0.3, 0.4) is 0 Å². The highest BCUT2D eigenvalue weighted by atomic mass is 19.1. The van der Waals surface area contributed by atoms with Crippen molar-refractivity contribution in [3.05, 3.63) is 29.6 Å². The standard InChI is InChI=1S/C14H18FNO3/c1-14(2)8-9(6-7-19-14)16-13(18)12-10(15)4-3-5-11(12)17/h3-5,9,17H,6-8H2,1-2H3,(H,16,18). The first-order chi connectivity index (χ1) is 8.89. The number of phenols is 1. The number of benzene rings is 1. The molecule has 5 heteroatoms. The maximum atomic E-state index is 13.6. The first kappa shape index (κ1) is 13.8. The van der Waals surface area contributed by atoms with Gasteiger partial charge in [-0.25, -0.2) is 4.39 Å². The molecular weight excluding hydrogens is 249 g/mol. The minimum Gasteiger partial charge on any atom is -0.507 e. The predicted molar refractivity (Wildman–Crippen MR) is 68.6 cm³/mol. The number of amides is 1. The second kappa shape index (κ2) is 5.17. The van der Waals surface area contributed by atoms with Crippen molar-refractivity contribution in [3.63, 3.8) is 0 Å². The molecule has 0 bridgehead atoms. The van der Waals surface area contributed by atoms with Crippen LogP contribution in [0, 0.1) is 5.82 Å². The van der Waals surface area contributed by atoms with Crippen LogP contribution in [0.15, 0.2) is 18.2 Å². The lowest BCUT2D eigenvalue weighted by molar-refractivity contribution is -0.0615.